The molecule has 5 heteroatoms. The molecule has 1 saturated heterocycles. The second-order valence-electron chi connectivity index (χ2n) is 4.68. The number of carbonyl (C=O) groups is 2. The molecule has 2 amide bonds. The van der Waals surface area contributed by atoms with Crippen LogP contribution in [0.3, 0.4) is 0 Å². The normalized spacial score (nSPS) is 28.0. The molecule has 0 aromatic heterocycles. The molecule has 2 aliphatic heterocycles. The van der Waals surface area contributed by atoms with Crippen molar-refractivity contribution < 1.29 is 9.59 Å². The topological polar surface area (TPSA) is 61.8 Å². The van der Waals surface area contributed by atoms with Gasteiger partial charge in [-0.25, -0.2) is 0 Å². The molecule has 0 bridgehead atoms. The Balaban J connectivity index is 1.98. The van der Waals surface area contributed by atoms with Gasteiger partial charge in [-0.05, 0) is 19.3 Å². The first-order chi connectivity index (χ1) is 8.81. The first-order valence-corrected chi connectivity index (χ1v) is 6.48. The van der Waals surface area contributed by atoms with Gasteiger partial charge in [-0.15, -0.1) is 0 Å². The SMILES string of the molecule is O=CN[C@H]1CCCCN(CC2C=CCC=N2)C1=O. The van der Waals surface area contributed by atoms with E-state index in [1.165, 1.54) is 0 Å². The van der Waals surface area contributed by atoms with Crippen LogP contribution >= 0.6 is 0 Å². The smallest absolute Gasteiger partial charge is 0.245 e. The number of nitrogens with zero attached hydrogens (tertiary/aromatic N) is 2. The fourth-order valence-electron chi connectivity index (χ4n) is 2.40. The van der Waals surface area contributed by atoms with Gasteiger partial charge < -0.3 is 10.2 Å². The summed E-state index contributed by atoms with van der Waals surface area (Å²) < 4.78 is 0. The van der Waals surface area contributed by atoms with Crippen LogP contribution in [-0.2, 0) is 9.59 Å². The summed E-state index contributed by atoms with van der Waals surface area (Å²) in [4.78, 5) is 28.9. The number of hydrogen-bond acceptors (Lipinski definition) is 3. The van der Waals surface area contributed by atoms with Crippen LogP contribution in [0.5, 0.6) is 0 Å². The summed E-state index contributed by atoms with van der Waals surface area (Å²) in [5.41, 5.74) is 0. The number of rotatable bonds is 4. The van der Waals surface area contributed by atoms with Gasteiger partial charge in [-0.3, -0.25) is 14.6 Å². The highest BCUT2D eigenvalue weighted by atomic mass is 16.2. The molecular weight excluding hydrogens is 230 g/mol. The highest BCUT2D eigenvalue weighted by Gasteiger charge is 2.27. The van der Waals surface area contributed by atoms with Crippen LogP contribution in [0.2, 0.25) is 0 Å². The monoisotopic (exact) mass is 249 g/mol. The lowest BCUT2D eigenvalue weighted by Crippen LogP contribution is -2.47. The molecule has 0 aromatic carbocycles. The molecule has 2 aliphatic rings. The predicted octanol–water partition coefficient (Wildman–Crippen LogP) is 0.513. The van der Waals surface area contributed by atoms with Gasteiger partial charge in [-0.1, -0.05) is 12.2 Å². The molecule has 5 nitrogen and oxygen atoms in total. The van der Waals surface area contributed by atoms with Crippen LogP contribution in [0.25, 0.3) is 0 Å². The van der Waals surface area contributed by atoms with Crippen LogP contribution in [0.4, 0.5) is 0 Å². The van der Waals surface area contributed by atoms with Gasteiger partial charge in [0.15, 0.2) is 0 Å². The number of carbonyl (C=O) groups excluding carboxylic acids is 2. The van der Waals surface area contributed by atoms with Crippen LogP contribution < -0.4 is 5.32 Å². The van der Waals surface area contributed by atoms with E-state index in [0.717, 1.165) is 32.2 Å². The summed E-state index contributed by atoms with van der Waals surface area (Å²) in [6.45, 7) is 1.37. The molecular formula is C13H19N3O2. The molecule has 0 spiro atoms. The van der Waals surface area contributed by atoms with Gasteiger partial charge in [0.1, 0.15) is 6.04 Å². The third kappa shape index (κ3) is 3.18. The number of amides is 2. The van der Waals surface area contributed by atoms with Crippen molar-refractivity contribution in [3.63, 3.8) is 0 Å². The maximum atomic E-state index is 12.2. The Kier molecular flexibility index (Phi) is 4.50. The zero-order chi connectivity index (χ0) is 12.8. The summed E-state index contributed by atoms with van der Waals surface area (Å²) in [5, 5.41) is 2.61. The molecule has 1 unspecified atom stereocenters. The van der Waals surface area contributed by atoms with E-state index in [0.29, 0.717) is 13.0 Å². The third-order valence-corrected chi connectivity index (χ3v) is 3.35. The minimum Gasteiger partial charge on any atom is -0.347 e. The minimum atomic E-state index is -0.360. The van der Waals surface area contributed by atoms with Gasteiger partial charge in [0.05, 0.1) is 6.04 Å². The quantitative estimate of drug-likeness (QED) is 0.583. The van der Waals surface area contributed by atoms with Crippen LogP contribution in [-0.4, -0.2) is 48.6 Å². The van der Waals surface area contributed by atoms with Crippen LogP contribution in [0, 0.1) is 0 Å². The lowest BCUT2D eigenvalue weighted by molar-refractivity contribution is -0.134. The molecule has 0 aliphatic carbocycles. The van der Waals surface area contributed by atoms with E-state index in [9.17, 15) is 9.59 Å². The second kappa shape index (κ2) is 6.33. The Morgan fingerprint density at radius 1 is 1.50 bits per heavy atom. The van der Waals surface area contributed by atoms with E-state index < -0.39 is 0 Å². The molecule has 0 aromatic rings. The zero-order valence-electron chi connectivity index (χ0n) is 10.4. The standard InChI is InChI=1S/C13H19N3O2/c17-10-15-12-6-2-4-8-16(13(12)18)9-11-5-1-3-7-14-11/h1,5,7,10-12H,2-4,6,8-9H2,(H,15,17)/t11?,12-/m0/s1. The Morgan fingerprint density at radius 3 is 3.11 bits per heavy atom. The van der Waals surface area contributed by atoms with Crippen LogP contribution in [0.15, 0.2) is 17.1 Å². The lowest BCUT2D eigenvalue weighted by Gasteiger charge is -2.26. The molecule has 2 atom stereocenters. The van der Waals surface area contributed by atoms with E-state index >= 15 is 0 Å². The van der Waals surface area contributed by atoms with Crippen molar-refractivity contribution in [2.24, 2.45) is 4.99 Å². The van der Waals surface area contributed by atoms with E-state index in [2.05, 4.69) is 16.4 Å². The van der Waals surface area contributed by atoms with Crippen LogP contribution in [0.1, 0.15) is 25.7 Å². The number of dihydropyridines is 1. The van der Waals surface area contributed by atoms with Gasteiger partial charge in [0.2, 0.25) is 12.3 Å². The predicted molar refractivity (Wildman–Crippen MR) is 69.5 cm³/mol. The second-order valence-corrected chi connectivity index (χ2v) is 4.68. The summed E-state index contributed by atoms with van der Waals surface area (Å²) in [5.74, 6) is 0.0220. The lowest BCUT2D eigenvalue weighted by atomic mass is 10.1. The molecule has 0 radical (unpaired) electrons. The average molecular weight is 249 g/mol. The molecule has 2 heterocycles. The van der Waals surface area contributed by atoms with Gasteiger partial charge in [-0.2, -0.15) is 0 Å². The van der Waals surface area contributed by atoms with Crippen molar-refractivity contribution in [3.05, 3.63) is 12.2 Å². The first-order valence-electron chi connectivity index (χ1n) is 6.48. The molecule has 18 heavy (non-hydrogen) atoms. The fourth-order valence-corrected chi connectivity index (χ4v) is 2.40. The number of allylic oxidation sites excluding steroid dienone is 1. The van der Waals surface area contributed by atoms with Crippen molar-refractivity contribution in [1.82, 2.24) is 10.2 Å². The summed E-state index contributed by atoms with van der Waals surface area (Å²) in [6, 6.07) is -0.292. The average Bonchev–Trinajstić information content (AvgIpc) is 2.56. The summed E-state index contributed by atoms with van der Waals surface area (Å²) in [7, 11) is 0. The Hall–Kier alpha value is -1.65. The van der Waals surface area contributed by atoms with Crippen molar-refractivity contribution in [2.75, 3.05) is 13.1 Å². The van der Waals surface area contributed by atoms with E-state index in [-0.39, 0.29) is 18.0 Å². The number of aliphatic imine (C=N–C) groups is 1. The minimum absolute atomic E-state index is 0.0220. The van der Waals surface area contributed by atoms with Crippen molar-refractivity contribution in [2.45, 2.75) is 37.8 Å². The fraction of sp³-hybridized carbons (Fsp3) is 0.615. The highest BCUT2D eigenvalue weighted by molar-refractivity contribution is 5.84. The maximum Gasteiger partial charge on any atom is 0.245 e. The third-order valence-electron chi connectivity index (χ3n) is 3.35. The van der Waals surface area contributed by atoms with Gasteiger partial charge in [0.25, 0.3) is 0 Å². The van der Waals surface area contributed by atoms with Gasteiger partial charge in [0, 0.05) is 25.7 Å². The van der Waals surface area contributed by atoms with E-state index in [1.807, 2.05) is 17.2 Å². The molecule has 0 saturated carbocycles. The van der Waals surface area contributed by atoms with Crippen molar-refractivity contribution in [3.8, 4) is 0 Å². The Labute approximate surface area is 107 Å². The molecule has 2 rings (SSSR count). The molecule has 98 valence electrons. The van der Waals surface area contributed by atoms with Gasteiger partial charge >= 0.3 is 0 Å². The summed E-state index contributed by atoms with van der Waals surface area (Å²) >= 11 is 0. The van der Waals surface area contributed by atoms with E-state index in [4.69, 9.17) is 0 Å². The maximum absolute atomic E-state index is 12.2. The Bertz CT molecular complexity index is 353. The summed E-state index contributed by atoms with van der Waals surface area (Å²) in [6.07, 6.45) is 10.2. The van der Waals surface area contributed by atoms with Crippen molar-refractivity contribution in [1.29, 1.82) is 0 Å². The van der Waals surface area contributed by atoms with E-state index in [1.54, 1.807) is 0 Å². The number of nitrogens with one attached hydrogen (secondary N) is 1. The highest BCUT2D eigenvalue weighted by Crippen LogP contribution is 2.14. The number of hydrogen-bond donors (Lipinski definition) is 1. The zero-order valence-corrected chi connectivity index (χ0v) is 10.4. The first kappa shape index (κ1) is 12.8. The number of likely N-dealkylation sites (tertiary alicyclic amines) is 1. The molecule has 1 N–H and O–H groups in total. The Morgan fingerprint density at radius 2 is 2.39 bits per heavy atom. The molecule has 1 fully saturated rings. The van der Waals surface area contributed by atoms with Crippen molar-refractivity contribution >= 4 is 18.5 Å². The largest absolute Gasteiger partial charge is 0.347 e.